The van der Waals surface area contributed by atoms with E-state index in [0.717, 1.165) is 0 Å². The molecule has 7 nitrogen and oxygen atoms in total. The molecule has 3 amide bonds. The number of hydrogen-bond donors (Lipinski definition) is 2. The van der Waals surface area contributed by atoms with Crippen LogP contribution in [0.3, 0.4) is 0 Å². The van der Waals surface area contributed by atoms with Gasteiger partial charge in [0.1, 0.15) is 0 Å². The fraction of sp³-hybridized carbons (Fsp3) is 0.526. The molecule has 2 unspecified atom stereocenters. The van der Waals surface area contributed by atoms with Gasteiger partial charge in [0, 0.05) is 31.7 Å². The molecule has 1 aliphatic heterocycles. The van der Waals surface area contributed by atoms with E-state index in [4.69, 9.17) is 11.6 Å². The average Bonchev–Trinajstić information content (AvgIpc) is 2.61. The van der Waals surface area contributed by atoms with Gasteiger partial charge in [0.05, 0.1) is 16.6 Å². The van der Waals surface area contributed by atoms with Gasteiger partial charge in [-0.2, -0.15) is 0 Å². The lowest BCUT2D eigenvalue weighted by Crippen LogP contribution is -2.47. The summed E-state index contributed by atoms with van der Waals surface area (Å²) >= 11 is 6.18. The molecule has 0 radical (unpaired) electrons. The highest BCUT2D eigenvalue weighted by Crippen LogP contribution is 2.26. The van der Waals surface area contributed by atoms with Crippen molar-refractivity contribution in [3.8, 4) is 0 Å². The van der Waals surface area contributed by atoms with Crippen LogP contribution in [0.15, 0.2) is 18.2 Å². The van der Waals surface area contributed by atoms with E-state index >= 15 is 0 Å². The highest BCUT2D eigenvalue weighted by atomic mass is 35.5. The summed E-state index contributed by atoms with van der Waals surface area (Å²) in [6.07, 6.45) is 0.547. The van der Waals surface area contributed by atoms with Gasteiger partial charge in [-0.15, -0.1) is 0 Å². The molecule has 27 heavy (non-hydrogen) atoms. The van der Waals surface area contributed by atoms with Gasteiger partial charge in [-0.05, 0) is 44.4 Å². The van der Waals surface area contributed by atoms with Crippen molar-refractivity contribution in [3.05, 3.63) is 28.8 Å². The minimum Gasteiger partial charge on any atom is -0.481 e. The molecule has 0 saturated carbocycles. The standard InChI is InChI=1S/C19H26ClN3O4/c1-11(2)22(4)17(24)13-5-6-15(20)16(8-13)21-19(27)23-9-12(3)7-14(10-23)18(25)26/h5-6,8,11-12,14H,7,9-10H2,1-4H3,(H,21,27)(H,25,26). The molecule has 1 aromatic rings. The maximum Gasteiger partial charge on any atom is 0.321 e. The SMILES string of the molecule is CC1CC(C(=O)O)CN(C(=O)Nc2cc(C(=O)N(C)C(C)C)ccc2Cl)C1. The second-order valence-corrected chi connectivity index (χ2v) is 7.82. The number of carbonyl (C=O) groups is 3. The Kier molecular flexibility index (Phi) is 6.70. The molecule has 148 valence electrons. The van der Waals surface area contributed by atoms with Crippen molar-refractivity contribution in [2.24, 2.45) is 11.8 Å². The Morgan fingerprint density at radius 2 is 1.96 bits per heavy atom. The number of urea groups is 1. The van der Waals surface area contributed by atoms with Crippen molar-refractivity contribution in [2.75, 3.05) is 25.5 Å². The van der Waals surface area contributed by atoms with Crippen LogP contribution < -0.4 is 5.32 Å². The Labute approximate surface area is 164 Å². The number of nitrogens with zero attached hydrogens (tertiary/aromatic N) is 2. The number of rotatable bonds is 4. The maximum absolute atomic E-state index is 12.6. The lowest BCUT2D eigenvalue weighted by molar-refractivity contribution is -0.143. The van der Waals surface area contributed by atoms with E-state index in [2.05, 4.69) is 5.32 Å². The largest absolute Gasteiger partial charge is 0.481 e. The van der Waals surface area contributed by atoms with Crippen LogP contribution in [-0.4, -0.2) is 59.0 Å². The highest BCUT2D eigenvalue weighted by Gasteiger charge is 2.32. The molecule has 0 aliphatic carbocycles. The minimum atomic E-state index is -0.901. The zero-order valence-electron chi connectivity index (χ0n) is 16.0. The summed E-state index contributed by atoms with van der Waals surface area (Å²) in [6, 6.07) is 4.34. The van der Waals surface area contributed by atoms with Crippen LogP contribution in [0.4, 0.5) is 10.5 Å². The van der Waals surface area contributed by atoms with Gasteiger partial charge in [0.15, 0.2) is 0 Å². The third-order valence-electron chi connectivity index (χ3n) is 4.85. The summed E-state index contributed by atoms with van der Waals surface area (Å²) in [5.41, 5.74) is 0.746. The second-order valence-electron chi connectivity index (χ2n) is 7.42. The number of carboxylic acids is 1. The summed E-state index contributed by atoms with van der Waals surface area (Å²) in [5.74, 6) is -1.56. The van der Waals surface area contributed by atoms with Crippen LogP contribution >= 0.6 is 11.6 Å². The summed E-state index contributed by atoms with van der Waals surface area (Å²) in [4.78, 5) is 39.5. The van der Waals surface area contributed by atoms with Crippen molar-refractivity contribution in [2.45, 2.75) is 33.2 Å². The molecule has 2 N–H and O–H groups in total. The Morgan fingerprint density at radius 3 is 2.56 bits per heavy atom. The van der Waals surface area contributed by atoms with Crippen LogP contribution in [0.25, 0.3) is 0 Å². The number of amides is 3. The van der Waals surface area contributed by atoms with E-state index in [1.54, 1.807) is 30.1 Å². The Balaban J connectivity index is 2.16. The lowest BCUT2D eigenvalue weighted by Gasteiger charge is -2.34. The first kappa shape index (κ1) is 21.0. The predicted molar refractivity (Wildman–Crippen MR) is 104 cm³/mol. The fourth-order valence-electron chi connectivity index (χ4n) is 3.08. The highest BCUT2D eigenvalue weighted by molar-refractivity contribution is 6.33. The van der Waals surface area contributed by atoms with Crippen LogP contribution in [0, 0.1) is 11.8 Å². The molecule has 0 bridgehead atoms. The van der Waals surface area contributed by atoms with Gasteiger partial charge >= 0.3 is 12.0 Å². The van der Waals surface area contributed by atoms with E-state index in [1.165, 1.54) is 4.90 Å². The monoisotopic (exact) mass is 395 g/mol. The molecule has 1 aliphatic rings. The summed E-state index contributed by atoms with van der Waals surface area (Å²) in [7, 11) is 1.71. The first-order valence-electron chi connectivity index (χ1n) is 8.95. The quantitative estimate of drug-likeness (QED) is 0.817. The van der Waals surface area contributed by atoms with Gasteiger partial charge < -0.3 is 20.2 Å². The molecule has 0 spiro atoms. The predicted octanol–water partition coefficient (Wildman–Crippen LogP) is 3.39. The van der Waals surface area contributed by atoms with Crippen molar-refractivity contribution in [3.63, 3.8) is 0 Å². The number of carbonyl (C=O) groups excluding carboxylic acids is 2. The van der Waals surface area contributed by atoms with E-state index in [9.17, 15) is 19.5 Å². The fourth-order valence-corrected chi connectivity index (χ4v) is 3.25. The van der Waals surface area contributed by atoms with E-state index in [-0.39, 0.29) is 24.4 Å². The molecule has 1 fully saturated rings. The Bertz CT molecular complexity index is 738. The normalized spacial score (nSPS) is 19.7. The molecule has 2 atom stereocenters. The number of hydrogen-bond acceptors (Lipinski definition) is 3. The van der Waals surface area contributed by atoms with Gasteiger partial charge in [-0.1, -0.05) is 18.5 Å². The van der Waals surface area contributed by atoms with Crippen molar-refractivity contribution < 1.29 is 19.5 Å². The molecule has 1 heterocycles. The zero-order chi connectivity index (χ0) is 20.3. The van der Waals surface area contributed by atoms with Gasteiger partial charge in [0.2, 0.25) is 0 Å². The van der Waals surface area contributed by atoms with Crippen LogP contribution in [0.5, 0.6) is 0 Å². The van der Waals surface area contributed by atoms with Gasteiger partial charge in [0.25, 0.3) is 5.91 Å². The average molecular weight is 396 g/mol. The number of aliphatic carboxylic acids is 1. The first-order valence-corrected chi connectivity index (χ1v) is 9.33. The molecule has 1 saturated heterocycles. The van der Waals surface area contributed by atoms with Crippen LogP contribution in [-0.2, 0) is 4.79 Å². The van der Waals surface area contributed by atoms with E-state index in [1.807, 2.05) is 20.8 Å². The molecule has 8 heteroatoms. The molecule has 2 rings (SSSR count). The summed E-state index contributed by atoms with van der Waals surface area (Å²) in [5, 5.41) is 12.3. The molecular formula is C19H26ClN3O4. The number of anilines is 1. The maximum atomic E-state index is 12.6. The topological polar surface area (TPSA) is 90.0 Å². The summed E-state index contributed by atoms with van der Waals surface area (Å²) in [6.45, 7) is 6.36. The summed E-state index contributed by atoms with van der Waals surface area (Å²) < 4.78 is 0. The number of halogens is 1. The number of benzene rings is 1. The number of piperidine rings is 1. The molecular weight excluding hydrogens is 370 g/mol. The van der Waals surface area contributed by atoms with Crippen molar-refractivity contribution in [1.29, 1.82) is 0 Å². The Hall–Kier alpha value is -2.28. The van der Waals surface area contributed by atoms with Gasteiger partial charge in [-0.25, -0.2) is 4.79 Å². The number of carboxylic acid groups (broad SMARTS) is 1. The minimum absolute atomic E-state index is 0.0361. The number of likely N-dealkylation sites (tertiary alicyclic amines) is 1. The van der Waals surface area contributed by atoms with Crippen LogP contribution in [0.1, 0.15) is 37.6 Å². The molecule has 0 aromatic heterocycles. The first-order chi connectivity index (χ1) is 12.6. The van der Waals surface area contributed by atoms with E-state index < -0.39 is 17.9 Å². The van der Waals surface area contributed by atoms with E-state index in [0.29, 0.717) is 29.2 Å². The van der Waals surface area contributed by atoms with Gasteiger partial charge in [-0.3, -0.25) is 9.59 Å². The zero-order valence-corrected chi connectivity index (χ0v) is 16.8. The van der Waals surface area contributed by atoms with Crippen molar-refractivity contribution in [1.82, 2.24) is 9.80 Å². The second kappa shape index (κ2) is 8.61. The smallest absolute Gasteiger partial charge is 0.321 e. The number of nitrogens with one attached hydrogen (secondary N) is 1. The van der Waals surface area contributed by atoms with Crippen molar-refractivity contribution >= 4 is 35.2 Å². The third-order valence-corrected chi connectivity index (χ3v) is 5.18. The lowest BCUT2D eigenvalue weighted by atomic mass is 9.91. The molecule has 1 aromatic carbocycles. The van der Waals surface area contributed by atoms with Crippen LogP contribution in [0.2, 0.25) is 5.02 Å². The Morgan fingerprint density at radius 1 is 1.30 bits per heavy atom. The third kappa shape index (κ3) is 5.13.